The molecule has 1 unspecified atom stereocenters. The topological polar surface area (TPSA) is 37.8 Å². The van der Waals surface area contributed by atoms with Gasteiger partial charge in [0.15, 0.2) is 11.0 Å². The van der Waals surface area contributed by atoms with Crippen LogP contribution in [0.5, 0.6) is 0 Å². The molecule has 1 aliphatic rings. The molecule has 0 aromatic carbocycles. The normalized spacial score (nSPS) is 16.9. The second-order valence-electron chi connectivity index (χ2n) is 4.96. The number of anilines is 1. The first-order valence-corrected chi connectivity index (χ1v) is 6.75. The van der Waals surface area contributed by atoms with Crippen molar-refractivity contribution in [2.24, 2.45) is 5.92 Å². The molecular formula is C13H20ClN3. The lowest BCUT2D eigenvalue weighted by atomic mass is 10.1. The third kappa shape index (κ3) is 3.32. The third-order valence-electron chi connectivity index (χ3n) is 3.41. The molecule has 0 bridgehead atoms. The van der Waals surface area contributed by atoms with Gasteiger partial charge in [0, 0.05) is 6.04 Å². The highest BCUT2D eigenvalue weighted by atomic mass is 35.5. The van der Waals surface area contributed by atoms with Crippen LogP contribution in [0, 0.1) is 19.8 Å². The standard InChI is InChI=1S/C13H20ClN3/c1-4-11(7-10-5-6-10)17-13-12(14)15-8(2)9(3)16-13/h10-11H,4-7H2,1-3H3,(H,16,17). The molecule has 1 atom stereocenters. The fourth-order valence-corrected chi connectivity index (χ4v) is 2.17. The summed E-state index contributed by atoms with van der Waals surface area (Å²) in [6.07, 6.45) is 5.08. The fraction of sp³-hybridized carbons (Fsp3) is 0.692. The van der Waals surface area contributed by atoms with Gasteiger partial charge < -0.3 is 5.32 Å². The number of hydrogen-bond donors (Lipinski definition) is 1. The number of halogens is 1. The zero-order valence-electron chi connectivity index (χ0n) is 10.8. The summed E-state index contributed by atoms with van der Waals surface area (Å²) in [5.74, 6) is 1.65. The van der Waals surface area contributed by atoms with Gasteiger partial charge in [-0.1, -0.05) is 31.4 Å². The molecule has 0 saturated heterocycles. The molecule has 1 aromatic heterocycles. The van der Waals surface area contributed by atoms with Crippen LogP contribution < -0.4 is 5.32 Å². The Balaban J connectivity index is 2.07. The van der Waals surface area contributed by atoms with Crippen molar-refractivity contribution < 1.29 is 0 Å². The molecule has 1 saturated carbocycles. The molecule has 0 radical (unpaired) electrons. The largest absolute Gasteiger partial charge is 0.365 e. The first-order chi connectivity index (χ1) is 8.10. The Labute approximate surface area is 108 Å². The van der Waals surface area contributed by atoms with Gasteiger partial charge in [0.1, 0.15) is 0 Å². The van der Waals surface area contributed by atoms with Crippen LogP contribution in [0.1, 0.15) is 44.0 Å². The molecule has 0 amide bonds. The van der Waals surface area contributed by atoms with E-state index in [2.05, 4.69) is 22.2 Å². The lowest BCUT2D eigenvalue weighted by molar-refractivity contribution is 0.584. The summed E-state index contributed by atoms with van der Waals surface area (Å²) < 4.78 is 0. The van der Waals surface area contributed by atoms with Gasteiger partial charge in [-0.2, -0.15) is 0 Å². The zero-order chi connectivity index (χ0) is 12.4. The monoisotopic (exact) mass is 253 g/mol. The third-order valence-corrected chi connectivity index (χ3v) is 3.68. The molecule has 1 aliphatic carbocycles. The van der Waals surface area contributed by atoms with Crippen molar-refractivity contribution in [2.75, 3.05) is 5.32 Å². The summed E-state index contributed by atoms with van der Waals surface area (Å²) in [6, 6.07) is 0.469. The maximum Gasteiger partial charge on any atom is 0.171 e. The number of aromatic nitrogens is 2. The lowest BCUT2D eigenvalue weighted by Gasteiger charge is -2.18. The summed E-state index contributed by atoms with van der Waals surface area (Å²) in [6.45, 7) is 6.09. The van der Waals surface area contributed by atoms with Crippen molar-refractivity contribution in [1.82, 2.24) is 9.97 Å². The summed E-state index contributed by atoms with van der Waals surface area (Å²) in [4.78, 5) is 8.78. The first-order valence-electron chi connectivity index (χ1n) is 6.37. The molecular weight excluding hydrogens is 234 g/mol. The molecule has 0 aliphatic heterocycles. The van der Waals surface area contributed by atoms with E-state index < -0.39 is 0 Å². The highest BCUT2D eigenvalue weighted by Crippen LogP contribution is 2.35. The van der Waals surface area contributed by atoms with Crippen LogP contribution in [0.15, 0.2) is 0 Å². The van der Waals surface area contributed by atoms with E-state index >= 15 is 0 Å². The molecule has 1 heterocycles. The van der Waals surface area contributed by atoms with Gasteiger partial charge in [-0.05, 0) is 32.6 Å². The minimum absolute atomic E-state index is 0.469. The number of rotatable bonds is 5. The highest BCUT2D eigenvalue weighted by molar-refractivity contribution is 6.31. The Morgan fingerprint density at radius 3 is 2.53 bits per heavy atom. The van der Waals surface area contributed by atoms with Crippen molar-refractivity contribution in [3.8, 4) is 0 Å². The summed E-state index contributed by atoms with van der Waals surface area (Å²) in [5.41, 5.74) is 1.84. The van der Waals surface area contributed by atoms with E-state index in [1.54, 1.807) is 0 Å². The quantitative estimate of drug-likeness (QED) is 0.869. The summed E-state index contributed by atoms with van der Waals surface area (Å²) in [5, 5.41) is 3.92. The minimum Gasteiger partial charge on any atom is -0.365 e. The molecule has 94 valence electrons. The first kappa shape index (κ1) is 12.6. The molecule has 1 N–H and O–H groups in total. The molecule has 1 fully saturated rings. The molecule has 2 rings (SSSR count). The second-order valence-corrected chi connectivity index (χ2v) is 5.32. The van der Waals surface area contributed by atoms with Gasteiger partial charge in [-0.15, -0.1) is 0 Å². The maximum absolute atomic E-state index is 6.12. The van der Waals surface area contributed by atoms with E-state index in [1.165, 1.54) is 19.3 Å². The number of nitrogens with zero attached hydrogens (tertiary/aromatic N) is 2. The van der Waals surface area contributed by atoms with Crippen LogP contribution in [-0.2, 0) is 0 Å². The van der Waals surface area contributed by atoms with Crippen molar-refractivity contribution in [3.63, 3.8) is 0 Å². The van der Waals surface area contributed by atoms with Gasteiger partial charge in [0.2, 0.25) is 0 Å². The smallest absolute Gasteiger partial charge is 0.171 e. The number of nitrogens with one attached hydrogen (secondary N) is 1. The molecule has 0 spiro atoms. The Morgan fingerprint density at radius 1 is 1.29 bits per heavy atom. The van der Waals surface area contributed by atoms with Gasteiger partial charge in [0.25, 0.3) is 0 Å². The summed E-state index contributed by atoms with van der Waals surface area (Å²) in [7, 11) is 0. The van der Waals surface area contributed by atoms with E-state index in [4.69, 9.17) is 11.6 Å². The van der Waals surface area contributed by atoms with Crippen LogP contribution >= 0.6 is 11.6 Å². The van der Waals surface area contributed by atoms with Crippen LogP contribution in [-0.4, -0.2) is 16.0 Å². The van der Waals surface area contributed by atoms with E-state index in [-0.39, 0.29) is 0 Å². The van der Waals surface area contributed by atoms with E-state index in [9.17, 15) is 0 Å². The SMILES string of the molecule is CCC(CC1CC1)Nc1nc(C)c(C)nc1Cl. The van der Waals surface area contributed by atoms with Crippen LogP contribution in [0.3, 0.4) is 0 Å². The van der Waals surface area contributed by atoms with Crippen molar-refractivity contribution in [1.29, 1.82) is 0 Å². The van der Waals surface area contributed by atoms with Gasteiger partial charge in [0.05, 0.1) is 11.4 Å². The zero-order valence-corrected chi connectivity index (χ0v) is 11.5. The van der Waals surface area contributed by atoms with Crippen molar-refractivity contribution >= 4 is 17.4 Å². The van der Waals surface area contributed by atoms with Crippen molar-refractivity contribution in [2.45, 2.75) is 52.5 Å². The second kappa shape index (κ2) is 5.21. The molecule has 3 nitrogen and oxygen atoms in total. The van der Waals surface area contributed by atoms with Crippen LogP contribution in [0.4, 0.5) is 5.82 Å². The number of hydrogen-bond acceptors (Lipinski definition) is 3. The maximum atomic E-state index is 6.12. The number of aryl methyl sites for hydroxylation is 2. The van der Waals surface area contributed by atoms with Gasteiger partial charge >= 0.3 is 0 Å². The Morgan fingerprint density at radius 2 is 1.94 bits per heavy atom. The van der Waals surface area contributed by atoms with E-state index in [1.807, 2.05) is 13.8 Å². The Hall–Kier alpha value is -0.830. The Bertz CT molecular complexity index is 402. The minimum atomic E-state index is 0.469. The lowest BCUT2D eigenvalue weighted by Crippen LogP contribution is -2.20. The van der Waals surface area contributed by atoms with Crippen LogP contribution in [0.25, 0.3) is 0 Å². The molecule has 4 heteroatoms. The van der Waals surface area contributed by atoms with E-state index in [0.29, 0.717) is 11.2 Å². The average Bonchev–Trinajstić information content (AvgIpc) is 3.08. The van der Waals surface area contributed by atoms with Crippen molar-refractivity contribution in [3.05, 3.63) is 16.5 Å². The predicted octanol–water partition coefficient (Wildman–Crippen LogP) is 3.74. The molecule has 1 aromatic rings. The van der Waals surface area contributed by atoms with E-state index in [0.717, 1.165) is 29.5 Å². The highest BCUT2D eigenvalue weighted by Gasteiger charge is 2.25. The van der Waals surface area contributed by atoms with Crippen LogP contribution in [0.2, 0.25) is 5.15 Å². The van der Waals surface area contributed by atoms with Gasteiger partial charge in [-0.25, -0.2) is 9.97 Å². The molecule has 17 heavy (non-hydrogen) atoms. The van der Waals surface area contributed by atoms with Gasteiger partial charge in [-0.3, -0.25) is 0 Å². The summed E-state index contributed by atoms with van der Waals surface area (Å²) >= 11 is 6.12. The Kier molecular flexibility index (Phi) is 3.87. The fourth-order valence-electron chi connectivity index (χ4n) is 1.94. The predicted molar refractivity (Wildman–Crippen MR) is 71.6 cm³/mol. The average molecular weight is 254 g/mol.